The monoisotopic (exact) mass is 401 g/mol. The predicted molar refractivity (Wildman–Crippen MR) is 116 cm³/mol. The van der Waals surface area contributed by atoms with Crippen LogP contribution in [0.2, 0.25) is 0 Å². The van der Waals surface area contributed by atoms with Crippen molar-refractivity contribution in [2.45, 2.75) is 25.7 Å². The van der Waals surface area contributed by atoms with Gasteiger partial charge < -0.3 is 15.1 Å². The molecule has 0 unspecified atom stereocenters. The molecule has 3 N–H and O–H groups in total. The number of urea groups is 1. The van der Waals surface area contributed by atoms with Crippen molar-refractivity contribution < 1.29 is 14.0 Å². The third-order valence-electron chi connectivity index (χ3n) is 5.15. The van der Waals surface area contributed by atoms with Gasteiger partial charge in [0, 0.05) is 41.6 Å². The van der Waals surface area contributed by atoms with E-state index < -0.39 is 6.03 Å². The summed E-state index contributed by atoms with van der Waals surface area (Å²) in [5.41, 5.74) is 3.54. The van der Waals surface area contributed by atoms with E-state index in [-0.39, 0.29) is 11.8 Å². The number of benzene rings is 2. The first-order chi connectivity index (χ1) is 14.6. The fourth-order valence-corrected chi connectivity index (χ4v) is 3.50. The molecule has 6 nitrogen and oxygen atoms in total. The fraction of sp³-hybridized carbons (Fsp3) is 0.250. The second kappa shape index (κ2) is 8.75. The summed E-state index contributed by atoms with van der Waals surface area (Å²) in [4.78, 5) is 23.8. The second-order valence-electron chi connectivity index (χ2n) is 7.42. The largest absolute Gasteiger partial charge is 0.460 e. The Kier molecular flexibility index (Phi) is 5.71. The molecule has 0 aliphatic heterocycles. The summed E-state index contributed by atoms with van der Waals surface area (Å²) in [6, 6.07) is 17.2. The summed E-state index contributed by atoms with van der Waals surface area (Å²) in [6.45, 7) is 0.543. The topological polar surface area (TPSA) is 83.4 Å². The SMILES string of the molecule is C#CNC(=O)Nc1ccc2oc(Cc3ccccc3)c(CCNC(=O)C3CC3)c2c1. The molecule has 2 aromatic carbocycles. The van der Waals surface area contributed by atoms with Crippen LogP contribution in [0.1, 0.15) is 29.7 Å². The van der Waals surface area contributed by atoms with E-state index in [1.807, 2.05) is 30.3 Å². The van der Waals surface area contributed by atoms with Gasteiger partial charge in [0.05, 0.1) is 0 Å². The summed E-state index contributed by atoms with van der Waals surface area (Å²) in [7, 11) is 0. The molecule has 6 heteroatoms. The number of hydrogen-bond acceptors (Lipinski definition) is 3. The first kappa shape index (κ1) is 19.6. The normalized spacial score (nSPS) is 12.9. The Morgan fingerprint density at radius 1 is 1.13 bits per heavy atom. The van der Waals surface area contributed by atoms with Gasteiger partial charge in [0.2, 0.25) is 5.91 Å². The molecule has 3 aromatic rings. The van der Waals surface area contributed by atoms with Crippen LogP contribution >= 0.6 is 0 Å². The van der Waals surface area contributed by atoms with Crippen LogP contribution in [0.4, 0.5) is 10.5 Å². The van der Waals surface area contributed by atoms with Crippen molar-refractivity contribution in [2.24, 2.45) is 5.92 Å². The van der Waals surface area contributed by atoms with Crippen molar-refractivity contribution in [3.63, 3.8) is 0 Å². The molecule has 1 heterocycles. The third kappa shape index (κ3) is 4.64. The van der Waals surface area contributed by atoms with Gasteiger partial charge in [0.1, 0.15) is 11.3 Å². The molecule has 1 aliphatic carbocycles. The number of carbonyl (C=O) groups is 2. The summed E-state index contributed by atoms with van der Waals surface area (Å²) < 4.78 is 6.15. The Morgan fingerprint density at radius 2 is 1.93 bits per heavy atom. The van der Waals surface area contributed by atoms with Gasteiger partial charge >= 0.3 is 6.03 Å². The maximum Gasteiger partial charge on any atom is 0.330 e. The number of furan rings is 1. The zero-order valence-corrected chi connectivity index (χ0v) is 16.5. The number of hydrogen-bond donors (Lipinski definition) is 3. The lowest BCUT2D eigenvalue weighted by atomic mass is 10.0. The van der Waals surface area contributed by atoms with Crippen molar-refractivity contribution in [1.82, 2.24) is 10.6 Å². The molecule has 30 heavy (non-hydrogen) atoms. The van der Waals surface area contributed by atoms with E-state index in [0.717, 1.165) is 40.7 Å². The highest BCUT2D eigenvalue weighted by atomic mass is 16.3. The lowest BCUT2D eigenvalue weighted by Crippen LogP contribution is -2.27. The molecule has 4 rings (SSSR count). The summed E-state index contributed by atoms with van der Waals surface area (Å²) in [6.07, 6.45) is 8.37. The molecule has 0 saturated heterocycles. The van der Waals surface area contributed by atoms with Crippen LogP contribution in [0.15, 0.2) is 52.9 Å². The van der Waals surface area contributed by atoms with Crippen LogP contribution in [-0.4, -0.2) is 18.5 Å². The molecule has 0 atom stereocenters. The van der Waals surface area contributed by atoms with Gasteiger partial charge in [-0.15, -0.1) is 0 Å². The van der Waals surface area contributed by atoms with Crippen LogP contribution < -0.4 is 16.0 Å². The Morgan fingerprint density at radius 3 is 2.67 bits per heavy atom. The molecule has 1 fully saturated rings. The standard InChI is InChI=1S/C24H23N3O3/c1-2-25-24(29)27-18-10-11-21-20(15-18)19(12-13-26-23(28)17-8-9-17)22(30-21)14-16-6-4-3-5-7-16/h1,3-7,10-11,15,17H,8-9,12-14H2,(H,26,28)(H2,25,27,29). The Balaban J connectivity index is 1.61. The van der Waals surface area contributed by atoms with E-state index in [1.165, 1.54) is 0 Å². The highest BCUT2D eigenvalue weighted by Gasteiger charge is 2.29. The minimum atomic E-state index is -0.469. The van der Waals surface area contributed by atoms with Crippen molar-refractivity contribution in [2.75, 3.05) is 11.9 Å². The zero-order chi connectivity index (χ0) is 20.9. The summed E-state index contributed by atoms with van der Waals surface area (Å²) in [5.74, 6) is 1.17. The van der Waals surface area contributed by atoms with Crippen LogP contribution in [0.3, 0.4) is 0 Å². The van der Waals surface area contributed by atoms with Gasteiger partial charge in [0.25, 0.3) is 0 Å². The Bertz CT molecular complexity index is 1110. The van der Waals surface area contributed by atoms with E-state index in [0.29, 0.717) is 25.1 Å². The summed E-state index contributed by atoms with van der Waals surface area (Å²) >= 11 is 0. The highest BCUT2D eigenvalue weighted by molar-refractivity contribution is 5.94. The number of rotatable bonds is 7. The van der Waals surface area contributed by atoms with Gasteiger partial charge in [-0.1, -0.05) is 36.8 Å². The molecule has 1 aromatic heterocycles. The number of anilines is 1. The summed E-state index contributed by atoms with van der Waals surface area (Å²) in [5, 5.41) is 8.92. The van der Waals surface area contributed by atoms with Crippen LogP contribution in [0, 0.1) is 18.4 Å². The fourth-order valence-electron chi connectivity index (χ4n) is 3.50. The molecule has 0 spiro atoms. The number of carbonyl (C=O) groups excluding carboxylic acids is 2. The van der Waals surface area contributed by atoms with Crippen molar-refractivity contribution in [3.8, 4) is 12.5 Å². The van der Waals surface area contributed by atoms with Gasteiger partial charge in [-0.05, 0) is 43.0 Å². The van der Waals surface area contributed by atoms with Crippen molar-refractivity contribution in [3.05, 3.63) is 65.4 Å². The number of amides is 3. The highest BCUT2D eigenvalue weighted by Crippen LogP contribution is 2.31. The first-order valence-corrected chi connectivity index (χ1v) is 10.0. The lowest BCUT2D eigenvalue weighted by Gasteiger charge is -2.07. The maximum absolute atomic E-state index is 12.0. The van der Waals surface area contributed by atoms with Crippen LogP contribution in [-0.2, 0) is 17.6 Å². The molecule has 1 aliphatic rings. The van der Waals surface area contributed by atoms with Gasteiger partial charge in [-0.2, -0.15) is 0 Å². The Hall–Kier alpha value is -3.72. The molecule has 152 valence electrons. The molecular formula is C24H23N3O3. The molecule has 3 amide bonds. The molecule has 0 bridgehead atoms. The number of terminal acetylenes is 1. The van der Waals surface area contributed by atoms with Gasteiger partial charge in [-0.25, -0.2) is 4.79 Å². The van der Waals surface area contributed by atoms with Crippen LogP contribution in [0.5, 0.6) is 0 Å². The maximum atomic E-state index is 12.0. The van der Waals surface area contributed by atoms with E-state index in [2.05, 4.69) is 34.1 Å². The van der Waals surface area contributed by atoms with Crippen molar-refractivity contribution >= 4 is 28.6 Å². The minimum Gasteiger partial charge on any atom is -0.460 e. The van der Waals surface area contributed by atoms with E-state index in [1.54, 1.807) is 6.07 Å². The van der Waals surface area contributed by atoms with E-state index in [9.17, 15) is 9.59 Å². The Labute approximate surface area is 175 Å². The minimum absolute atomic E-state index is 0.126. The number of fused-ring (bicyclic) bond motifs is 1. The quantitative estimate of drug-likeness (QED) is 0.416. The van der Waals surface area contributed by atoms with Gasteiger partial charge in [0.15, 0.2) is 0 Å². The average molecular weight is 401 g/mol. The zero-order valence-electron chi connectivity index (χ0n) is 16.5. The lowest BCUT2D eigenvalue weighted by molar-refractivity contribution is -0.122. The van der Waals surface area contributed by atoms with Crippen molar-refractivity contribution in [1.29, 1.82) is 0 Å². The first-order valence-electron chi connectivity index (χ1n) is 10.0. The smallest absolute Gasteiger partial charge is 0.330 e. The van der Waals surface area contributed by atoms with E-state index in [4.69, 9.17) is 10.8 Å². The van der Waals surface area contributed by atoms with E-state index >= 15 is 0 Å². The second-order valence-corrected chi connectivity index (χ2v) is 7.42. The van der Waals surface area contributed by atoms with Gasteiger partial charge in [-0.3, -0.25) is 10.1 Å². The molecular weight excluding hydrogens is 378 g/mol. The third-order valence-corrected chi connectivity index (χ3v) is 5.15. The predicted octanol–water partition coefficient (Wildman–Crippen LogP) is 3.80. The number of nitrogens with one attached hydrogen (secondary N) is 3. The molecule has 1 saturated carbocycles. The average Bonchev–Trinajstić information content (AvgIpc) is 3.54. The van der Waals surface area contributed by atoms with Crippen LogP contribution in [0.25, 0.3) is 11.0 Å². The molecule has 0 radical (unpaired) electrons.